The van der Waals surface area contributed by atoms with Crippen LogP contribution in [0.1, 0.15) is 149 Å². The van der Waals surface area contributed by atoms with E-state index in [9.17, 15) is 0 Å². The van der Waals surface area contributed by atoms with E-state index in [1.165, 1.54) is 141 Å². The highest BCUT2D eigenvalue weighted by Crippen LogP contribution is 2.21. The van der Waals surface area contributed by atoms with Crippen molar-refractivity contribution in [3.8, 4) is 0 Å². The summed E-state index contributed by atoms with van der Waals surface area (Å²) in [5.41, 5.74) is 0. The van der Waals surface area contributed by atoms with Gasteiger partial charge in [0.25, 0.3) is 0 Å². The summed E-state index contributed by atoms with van der Waals surface area (Å²) in [6.07, 6.45) is 35.2. The second-order valence-electron chi connectivity index (χ2n) is 9.83. The molecular formula is C28H56N2. The SMILES string of the molecule is CCCCCCCCCCCCCCCC1N(C)C=CN1CCCCCCCCC. The van der Waals surface area contributed by atoms with E-state index in [-0.39, 0.29) is 0 Å². The molecule has 0 bridgehead atoms. The molecule has 1 unspecified atom stereocenters. The predicted molar refractivity (Wildman–Crippen MR) is 136 cm³/mol. The quantitative estimate of drug-likeness (QED) is 0.161. The molecule has 1 aliphatic heterocycles. The van der Waals surface area contributed by atoms with Crippen LogP contribution in [0.3, 0.4) is 0 Å². The Kier molecular flexibility index (Phi) is 18.5. The van der Waals surface area contributed by atoms with Crippen molar-refractivity contribution in [2.45, 2.75) is 155 Å². The van der Waals surface area contributed by atoms with Crippen molar-refractivity contribution >= 4 is 0 Å². The van der Waals surface area contributed by atoms with Crippen LogP contribution in [0, 0.1) is 0 Å². The van der Waals surface area contributed by atoms with Crippen molar-refractivity contribution in [1.29, 1.82) is 0 Å². The van der Waals surface area contributed by atoms with Gasteiger partial charge < -0.3 is 9.80 Å². The summed E-state index contributed by atoms with van der Waals surface area (Å²) in [5.74, 6) is 0. The lowest BCUT2D eigenvalue weighted by atomic mass is 10.0. The lowest BCUT2D eigenvalue weighted by molar-refractivity contribution is 0.159. The van der Waals surface area contributed by atoms with E-state index in [4.69, 9.17) is 0 Å². The van der Waals surface area contributed by atoms with Gasteiger partial charge in [0.15, 0.2) is 0 Å². The van der Waals surface area contributed by atoms with Crippen LogP contribution in [0.5, 0.6) is 0 Å². The molecule has 0 fully saturated rings. The van der Waals surface area contributed by atoms with Crippen LogP contribution in [0.15, 0.2) is 12.4 Å². The van der Waals surface area contributed by atoms with Gasteiger partial charge in [0.2, 0.25) is 0 Å². The first kappa shape index (κ1) is 27.4. The lowest BCUT2D eigenvalue weighted by Gasteiger charge is -2.30. The van der Waals surface area contributed by atoms with Gasteiger partial charge in [0, 0.05) is 26.0 Å². The van der Waals surface area contributed by atoms with E-state index in [0.29, 0.717) is 6.17 Å². The van der Waals surface area contributed by atoms with Gasteiger partial charge in [0.1, 0.15) is 6.17 Å². The van der Waals surface area contributed by atoms with Gasteiger partial charge in [-0.3, -0.25) is 0 Å². The van der Waals surface area contributed by atoms with E-state index in [0.717, 1.165) is 0 Å². The number of hydrogen-bond donors (Lipinski definition) is 0. The second-order valence-corrected chi connectivity index (χ2v) is 9.83. The van der Waals surface area contributed by atoms with E-state index in [2.05, 4.69) is 43.1 Å². The summed E-state index contributed by atoms with van der Waals surface area (Å²) < 4.78 is 0. The first-order valence-electron chi connectivity index (χ1n) is 14.0. The Labute approximate surface area is 190 Å². The molecule has 0 saturated carbocycles. The molecule has 0 aromatic carbocycles. The Bertz CT molecular complexity index is 379. The molecule has 1 rings (SSSR count). The third-order valence-electron chi connectivity index (χ3n) is 6.93. The molecule has 1 atom stereocenters. The van der Waals surface area contributed by atoms with Crippen LogP contribution >= 0.6 is 0 Å². The third kappa shape index (κ3) is 14.4. The minimum Gasteiger partial charge on any atom is -0.359 e. The first-order valence-corrected chi connectivity index (χ1v) is 14.0. The maximum atomic E-state index is 2.60. The summed E-state index contributed by atoms with van der Waals surface area (Å²) in [7, 11) is 2.26. The Morgan fingerprint density at radius 1 is 0.500 bits per heavy atom. The summed E-state index contributed by atoms with van der Waals surface area (Å²) in [6, 6.07) is 0. The molecule has 2 heteroatoms. The number of hydrogen-bond acceptors (Lipinski definition) is 2. The van der Waals surface area contributed by atoms with Crippen LogP contribution in [0.2, 0.25) is 0 Å². The molecule has 178 valence electrons. The van der Waals surface area contributed by atoms with Crippen molar-refractivity contribution in [2.75, 3.05) is 13.6 Å². The van der Waals surface area contributed by atoms with Crippen molar-refractivity contribution in [2.24, 2.45) is 0 Å². The van der Waals surface area contributed by atoms with Gasteiger partial charge in [-0.05, 0) is 19.3 Å². The summed E-state index contributed by atoms with van der Waals surface area (Å²) in [6.45, 7) is 5.85. The zero-order valence-electron chi connectivity index (χ0n) is 21.2. The van der Waals surface area contributed by atoms with E-state index in [1.54, 1.807) is 0 Å². The average molecular weight is 421 g/mol. The molecule has 30 heavy (non-hydrogen) atoms. The van der Waals surface area contributed by atoms with Gasteiger partial charge in [-0.2, -0.15) is 0 Å². The highest BCUT2D eigenvalue weighted by atomic mass is 15.4. The Balaban J connectivity index is 1.93. The van der Waals surface area contributed by atoms with Crippen molar-refractivity contribution in [3.05, 3.63) is 12.4 Å². The molecule has 0 amide bonds. The van der Waals surface area contributed by atoms with Crippen LogP contribution in [-0.2, 0) is 0 Å². The molecule has 0 N–H and O–H groups in total. The fourth-order valence-electron chi connectivity index (χ4n) is 4.81. The monoisotopic (exact) mass is 420 g/mol. The van der Waals surface area contributed by atoms with Crippen LogP contribution in [0.25, 0.3) is 0 Å². The molecule has 2 nitrogen and oxygen atoms in total. The second kappa shape index (κ2) is 20.3. The van der Waals surface area contributed by atoms with E-state index in [1.807, 2.05) is 0 Å². The Hall–Kier alpha value is -0.660. The zero-order valence-corrected chi connectivity index (χ0v) is 21.2. The minimum absolute atomic E-state index is 0.623. The molecule has 0 radical (unpaired) electrons. The van der Waals surface area contributed by atoms with Crippen molar-refractivity contribution in [1.82, 2.24) is 9.80 Å². The van der Waals surface area contributed by atoms with Gasteiger partial charge >= 0.3 is 0 Å². The molecule has 0 aliphatic carbocycles. The van der Waals surface area contributed by atoms with Crippen LogP contribution < -0.4 is 0 Å². The van der Waals surface area contributed by atoms with Gasteiger partial charge in [0.05, 0.1) is 0 Å². The largest absolute Gasteiger partial charge is 0.359 e. The average Bonchev–Trinajstić information content (AvgIpc) is 3.10. The summed E-state index contributed by atoms with van der Waals surface area (Å²) in [4.78, 5) is 5.04. The normalized spacial score (nSPS) is 16.2. The topological polar surface area (TPSA) is 6.48 Å². The molecule has 0 saturated heterocycles. The summed E-state index contributed by atoms with van der Waals surface area (Å²) in [5, 5.41) is 0. The molecule has 1 aliphatic rings. The highest BCUT2D eigenvalue weighted by molar-refractivity contribution is 4.95. The fraction of sp³-hybridized carbons (Fsp3) is 0.929. The maximum Gasteiger partial charge on any atom is 0.100 e. The standard InChI is InChI=1S/C28H56N2/c1-4-6-8-10-12-13-14-15-16-17-18-20-22-24-28-29(3)26-27-30(28)25-23-21-19-11-9-7-5-2/h26-28H,4-25H2,1-3H3. The summed E-state index contributed by atoms with van der Waals surface area (Å²) >= 11 is 0. The number of nitrogens with zero attached hydrogens (tertiary/aromatic N) is 2. The lowest BCUT2D eigenvalue weighted by Crippen LogP contribution is -2.37. The third-order valence-corrected chi connectivity index (χ3v) is 6.93. The number of rotatable bonds is 22. The Morgan fingerprint density at radius 2 is 0.900 bits per heavy atom. The molecule has 0 aromatic rings. The van der Waals surface area contributed by atoms with Gasteiger partial charge in [-0.1, -0.05) is 129 Å². The first-order chi connectivity index (χ1) is 14.8. The fourth-order valence-corrected chi connectivity index (χ4v) is 4.81. The van der Waals surface area contributed by atoms with Crippen molar-refractivity contribution in [3.63, 3.8) is 0 Å². The van der Waals surface area contributed by atoms with Gasteiger partial charge in [-0.15, -0.1) is 0 Å². The molecule has 0 spiro atoms. The van der Waals surface area contributed by atoms with Crippen LogP contribution in [0.4, 0.5) is 0 Å². The predicted octanol–water partition coefficient (Wildman–Crippen LogP) is 9.26. The van der Waals surface area contributed by atoms with Crippen LogP contribution in [-0.4, -0.2) is 29.6 Å². The maximum absolute atomic E-state index is 2.60. The van der Waals surface area contributed by atoms with E-state index < -0.39 is 0 Å². The zero-order chi connectivity index (χ0) is 21.7. The van der Waals surface area contributed by atoms with E-state index >= 15 is 0 Å². The smallest absolute Gasteiger partial charge is 0.100 e. The number of unbranched alkanes of at least 4 members (excludes halogenated alkanes) is 18. The Morgan fingerprint density at radius 3 is 1.37 bits per heavy atom. The van der Waals surface area contributed by atoms with Gasteiger partial charge in [-0.25, -0.2) is 0 Å². The molecule has 1 heterocycles. The highest BCUT2D eigenvalue weighted by Gasteiger charge is 2.22. The molecular weight excluding hydrogens is 364 g/mol. The minimum atomic E-state index is 0.623. The molecule has 0 aromatic heterocycles. The van der Waals surface area contributed by atoms with Crippen molar-refractivity contribution < 1.29 is 0 Å².